The highest BCUT2D eigenvalue weighted by atomic mass is 32.2. The molecule has 0 radical (unpaired) electrons. The van der Waals surface area contributed by atoms with Crippen molar-refractivity contribution in [1.29, 1.82) is 0 Å². The fourth-order valence-corrected chi connectivity index (χ4v) is 2.55. The number of hydrogen-bond acceptors (Lipinski definition) is 2. The second-order valence-electron chi connectivity index (χ2n) is 3.87. The summed E-state index contributed by atoms with van der Waals surface area (Å²) in [6.45, 7) is 1.83. The SMILES string of the molecule is Cc1ccc(S(=O)(=O)N(F)c2ccccc2)cc1. The standard InChI is InChI=1S/C13H12FNO2S/c1-11-7-9-13(10-8-11)18(16,17)15(14)12-5-3-2-4-6-12/h2-10H,1H3. The smallest absolute Gasteiger partial charge is 0.199 e. The molecule has 0 aliphatic carbocycles. The summed E-state index contributed by atoms with van der Waals surface area (Å²) in [6, 6.07) is 13.7. The van der Waals surface area contributed by atoms with E-state index in [1.807, 2.05) is 6.92 Å². The van der Waals surface area contributed by atoms with Crippen LogP contribution >= 0.6 is 0 Å². The molecule has 3 nitrogen and oxygen atoms in total. The summed E-state index contributed by atoms with van der Waals surface area (Å²) in [5.41, 5.74) is 0.900. The van der Waals surface area contributed by atoms with E-state index < -0.39 is 10.0 Å². The van der Waals surface area contributed by atoms with Gasteiger partial charge < -0.3 is 0 Å². The van der Waals surface area contributed by atoms with Crippen LogP contribution in [0.4, 0.5) is 10.2 Å². The lowest BCUT2D eigenvalue weighted by molar-refractivity contribution is 0.495. The van der Waals surface area contributed by atoms with Gasteiger partial charge in [-0.3, -0.25) is 0 Å². The van der Waals surface area contributed by atoms with Crippen molar-refractivity contribution in [2.75, 3.05) is 4.53 Å². The summed E-state index contributed by atoms with van der Waals surface area (Å²) in [7, 11) is -4.14. The molecule has 0 saturated heterocycles. The Labute approximate surface area is 105 Å². The molecule has 0 aromatic heterocycles. The van der Waals surface area contributed by atoms with Crippen LogP contribution in [0.2, 0.25) is 0 Å². The molecule has 2 aromatic carbocycles. The summed E-state index contributed by atoms with van der Waals surface area (Å²) in [5, 5.41) is 0. The molecule has 0 amide bonds. The number of benzene rings is 2. The summed E-state index contributed by atoms with van der Waals surface area (Å²) in [5.74, 6) is 0. The van der Waals surface area contributed by atoms with Crippen LogP contribution in [0.3, 0.4) is 0 Å². The highest BCUT2D eigenvalue weighted by Crippen LogP contribution is 2.23. The lowest BCUT2D eigenvalue weighted by Crippen LogP contribution is -2.22. The molecule has 0 aliphatic rings. The predicted molar refractivity (Wildman–Crippen MR) is 68.4 cm³/mol. The van der Waals surface area contributed by atoms with E-state index >= 15 is 0 Å². The van der Waals surface area contributed by atoms with Crippen LogP contribution in [0.15, 0.2) is 59.5 Å². The normalized spacial score (nSPS) is 11.2. The highest BCUT2D eigenvalue weighted by Gasteiger charge is 2.24. The van der Waals surface area contributed by atoms with E-state index in [1.54, 1.807) is 30.3 Å². The summed E-state index contributed by atoms with van der Waals surface area (Å²) >= 11 is 0. The lowest BCUT2D eigenvalue weighted by atomic mass is 10.2. The average molecular weight is 265 g/mol. The van der Waals surface area contributed by atoms with Crippen LogP contribution in [0.25, 0.3) is 0 Å². The summed E-state index contributed by atoms with van der Waals surface area (Å²) in [6.07, 6.45) is 0. The van der Waals surface area contributed by atoms with Gasteiger partial charge in [0.1, 0.15) is 0 Å². The molecule has 2 aromatic rings. The number of aryl methyl sites for hydroxylation is 1. The molecule has 2 rings (SSSR count). The molecule has 94 valence electrons. The number of halogens is 1. The molecule has 0 unspecified atom stereocenters. The molecule has 0 atom stereocenters. The van der Waals surface area contributed by atoms with Crippen LogP contribution in [0.5, 0.6) is 0 Å². The molecule has 0 fully saturated rings. The largest absolute Gasteiger partial charge is 0.290 e. The van der Waals surface area contributed by atoms with E-state index in [2.05, 4.69) is 0 Å². The summed E-state index contributed by atoms with van der Waals surface area (Å²) in [4.78, 5) is -0.0700. The van der Waals surface area contributed by atoms with Crippen LogP contribution in [-0.2, 0) is 10.0 Å². The first-order chi connectivity index (χ1) is 8.51. The van der Waals surface area contributed by atoms with Gasteiger partial charge >= 0.3 is 0 Å². The number of para-hydroxylation sites is 1. The molecule has 18 heavy (non-hydrogen) atoms. The van der Waals surface area contributed by atoms with Gasteiger partial charge in [-0.2, -0.15) is 8.42 Å². The van der Waals surface area contributed by atoms with Gasteiger partial charge in [0, 0.05) is 0 Å². The maximum atomic E-state index is 13.9. The fraction of sp³-hybridized carbons (Fsp3) is 0.0769. The van der Waals surface area contributed by atoms with Gasteiger partial charge in [-0.25, -0.2) is 0 Å². The van der Waals surface area contributed by atoms with Crippen molar-refractivity contribution in [3.8, 4) is 0 Å². The first-order valence-electron chi connectivity index (χ1n) is 5.34. The molecule has 0 bridgehead atoms. The van der Waals surface area contributed by atoms with Crippen LogP contribution in [-0.4, -0.2) is 8.42 Å². The molecular formula is C13H12FNO2S. The summed E-state index contributed by atoms with van der Waals surface area (Å²) < 4.78 is 37.7. The van der Waals surface area contributed by atoms with Crippen molar-refractivity contribution in [1.82, 2.24) is 0 Å². The predicted octanol–water partition coefficient (Wildman–Crippen LogP) is 3.07. The van der Waals surface area contributed by atoms with Crippen LogP contribution in [0.1, 0.15) is 5.56 Å². The van der Waals surface area contributed by atoms with Crippen LogP contribution < -0.4 is 4.53 Å². The molecule has 0 heterocycles. The molecule has 5 heteroatoms. The zero-order chi connectivity index (χ0) is 13.2. The number of anilines is 1. The fourth-order valence-electron chi connectivity index (χ4n) is 1.49. The lowest BCUT2D eigenvalue weighted by Gasteiger charge is -2.14. The van der Waals surface area contributed by atoms with Gasteiger partial charge in [-0.05, 0) is 31.2 Å². The average Bonchev–Trinajstić information content (AvgIpc) is 2.39. The number of sulfonamides is 1. The topological polar surface area (TPSA) is 37.4 Å². The van der Waals surface area contributed by atoms with Crippen molar-refractivity contribution in [3.63, 3.8) is 0 Å². The van der Waals surface area contributed by atoms with E-state index in [0.717, 1.165) is 5.56 Å². The first kappa shape index (κ1) is 12.6. The number of rotatable bonds is 3. The molecule has 0 N–H and O–H groups in total. The first-order valence-corrected chi connectivity index (χ1v) is 6.78. The minimum absolute atomic E-state index is 0.0157. The maximum Gasteiger partial charge on any atom is 0.290 e. The number of nitrogens with zero attached hydrogens (tertiary/aromatic N) is 1. The van der Waals surface area contributed by atoms with Gasteiger partial charge in [-0.1, -0.05) is 44.9 Å². The highest BCUT2D eigenvalue weighted by molar-refractivity contribution is 7.92. The van der Waals surface area contributed by atoms with Gasteiger partial charge in [-0.15, -0.1) is 0 Å². The Hall–Kier alpha value is -1.88. The van der Waals surface area contributed by atoms with E-state index in [0.29, 0.717) is 0 Å². The van der Waals surface area contributed by atoms with Gasteiger partial charge in [0.2, 0.25) is 0 Å². The Morgan fingerprint density at radius 2 is 1.50 bits per heavy atom. The van der Waals surface area contributed by atoms with Crippen molar-refractivity contribution in [3.05, 3.63) is 60.2 Å². The second-order valence-corrected chi connectivity index (χ2v) is 5.61. The maximum absolute atomic E-state index is 13.9. The van der Waals surface area contributed by atoms with E-state index in [-0.39, 0.29) is 15.1 Å². The quantitative estimate of drug-likeness (QED) is 0.800. The van der Waals surface area contributed by atoms with E-state index in [9.17, 15) is 12.9 Å². The Balaban J connectivity index is 2.40. The zero-order valence-electron chi connectivity index (χ0n) is 9.75. The molecule has 0 spiro atoms. The van der Waals surface area contributed by atoms with Gasteiger partial charge in [0.05, 0.1) is 10.6 Å². The molecular weight excluding hydrogens is 253 g/mol. The van der Waals surface area contributed by atoms with Crippen molar-refractivity contribution in [2.45, 2.75) is 11.8 Å². The Morgan fingerprint density at radius 1 is 0.944 bits per heavy atom. The molecule has 0 aliphatic heterocycles. The van der Waals surface area contributed by atoms with E-state index in [1.165, 1.54) is 24.3 Å². The van der Waals surface area contributed by atoms with E-state index in [4.69, 9.17) is 0 Å². The third-order valence-electron chi connectivity index (χ3n) is 2.49. The Kier molecular flexibility index (Phi) is 3.34. The Bertz CT molecular complexity index is 624. The third kappa shape index (κ3) is 2.36. The van der Waals surface area contributed by atoms with Crippen molar-refractivity contribution >= 4 is 15.7 Å². The minimum atomic E-state index is -4.14. The second kappa shape index (κ2) is 4.78. The zero-order valence-corrected chi connectivity index (χ0v) is 10.6. The van der Waals surface area contributed by atoms with Crippen molar-refractivity contribution < 1.29 is 12.9 Å². The monoisotopic (exact) mass is 265 g/mol. The minimum Gasteiger partial charge on any atom is -0.199 e. The van der Waals surface area contributed by atoms with Crippen molar-refractivity contribution in [2.24, 2.45) is 0 Å². The van der Waals surface area contributed by atoms with Gasteiger partial charge in [0.15, 0.2) is 0 Å². The van der Waals surface area contributed by atoms with Gasteiger partial charge in [0.25, 0.3) is 10.0 Å². The molecule has 0 saturated carbocycles. The Morgan fingerprint density at radius 3 is 2.06 bits per heavy atom. The third-order valence-corrected chi connectivity index (χ3v) is 3.99. The number of hydrogen-bond donors (Lipinski definition) is 0. The van der Waals surface area contributed by atoms with Crippen LogP contribution in [0, 0.1) is 6.92 Å².